The smallest absolute Gasteiger partial charge is 0.187 e. The molecule has 0 aromatic rings. The fraction of sp³-hybridized carbons (Fsp3) is 0.942. The number of hydrogen-bond acceptors (Lipinski definition) is 22. The van der Waals surface area contributed by atoms with E-state index in [0.717, 1.165) is 5.57 Å². The molecule has 0 aromatic carbocycles. The first-order valence-electron chi connectivity index (χ1n) is 27.0. The van der Waals surface area contributed by atoms with Crippen LogP contribution in [0, 0.1) is 22.7 Å². The van der Waals surface area contributed by atoms with Crippen LogP contribution in [0.3, 0.4) is 0 Å². The van der Waals surface area contributed by atoms with E-state index < -0.39 is 176 Å². The Hall–Kier alpha value is -1.43. The molecule has 29 atom stereocenters. The molecule has 424 valence electrons. The van der Waals surface area contributed by atoms with Crippen LogP contribution in [-0.4, -0.2) is 223 Å². The van der Waals surface area contributed by atoms with Crippen molar-refractivity contribution in [2.45, 2.75) is 272 Å². The van der Waals surface area contributed by atoms with E-state index in [1.54, 1.807) is 34.6 Å². The molecule has 0 amide bonds. The van der Waals surface area contributed by atoms with Gasteiger partial charge in [-0.15, -0.1) is 0 Å². The highest BCUT2D eigenvalue weighted by Crippen LogP contribution is 2.69. The third kappa shape index (κ3) is 10.0. The molecule has 29 unspecified atom stereocenters. The standard InChI is InChI=1S/C52H84O22/c1-22(54)29-11-14-52(63)50(29,7)36(58)20-35-49(6)12-10-28(15-27(49)9-13-51(35,52)62)69-37-16-30(55)44(23(2)65-37)71-38-17-31(56)45(24(3)66-38)72-39-18-32(57)46(25(4)67-39)73-40-19-33(64-8)47(26(5)68-40)74-48-43(61)42(60)41(59)34(21-53)70-48/h9,23-26,28-48,53,55-63H,10-21H2,1-8H3. The van der Waals surface area contributed by atoms with Gasteiger partial charge in [0.2, 0.25) is 0 Å². The van der Waals surface area contributed by atoms with Crippen LogP contribution in [0.15, 0.2) is 11.6 Å². The summed E-state index contributed by atoms with van der Waals surface area (Å²) < 4.78 is 67.3. The molecule has 5 saturated heterocycles. The van der Waals surface area contributed by atoms with Crippen molar-refractivity contribution in [2.75, 3.05) is 13.7 Å². The van der Waals surface area contributed by atoms with Gasteiger partial charge in [0, 0.05) is 50.0 Å². The molecule has 8 fully saturated rings. The maximum atomic E-state index is 12.7. The predicted molar refractivity (Wildman–Crippen MR) is 253 cm³/mol. The van der Waals surface area contributed by atoms with E-state index in [0.29, 0.717) is 25.7 Å². The summed E-state index contributed by atoms with van der Waals surface area (Å²) in [5, 5.41) is 111. The highest BCUT2D eigenvalue weighted by Gasteiger charge is 2.76. The summed E-state index contributed by atoms with van der Waals surface area (Å²) in [7, 11) is 1.46. The number of carbonyl (C=O) groups is 1. The predicted octanol–water partition coefficient (Wildman–Crippen LogP) is -0.282. The van der Waals surface area contributed by atoms with E-state index in [2.05, 4.69) is 6.92 Å². The van der Waals surface area contributed by atoms with Gasteiger partial charge < -0.3 is 103 Å². The molecule has 0 aromatic heterocycles. The average Bonchev–Trinajstić information content (AvgIpc) is 3.65. The molecule has 9 aliphatic rings. The van der Waals surface area contributed by atoms with Crippen molar-refractivity contribution in [1.82, 2.24) is 0 Å². The van der Waals surface area contributed by atoms with E-state index in [4.69, 9.17) is 52.1 Å². The van der Waals surface area contributed by atoms with Gasteiger partial charge in [-0.1, -0.05) is 25.5 Å². The van der Waals surface area contributed by atoms with E-state index >= 15 is 0 Å². The maximum Gasteiger partial charge on any atom is 0.187 e. The molecule has 3 saturated carbocycles. The Morgan fingerprint density at radius 1 is 0.649 bits per heavy atom. The van der Waals surface area contributed by atoms with Crippen LogP contribution in [0.5, 0.6) is 0 Å². The van der Waals surface area contributed by atoms with Crippen molar-refractivity contribution in [3.8, 4) is 0 Å². The lowest BCUT2D eigenvalue weighted by Gasteiger charge is -2.66. The van der Waals surface area contributed by atoms with Gasteiger partial charge in [-0.2, -0.15) is 0 Å². The topological polar surface area (TPSA) is 321 Å². The van der Waals surface area contributed by atoms with Crippen LogP contribution in [0.2, 0.25) is 0 Å². The molecule has 74 heavy (non-hydrogen) atoms. The van der Waals surface area contributed by atoms with Gasteiger partial charge in [0.1, 0.15) is 65.8 Å². The fourth-order valence-electron chi connectivity index (χ4n) is 14.9. The summed E-state index contributed by atoms with van der Waals surface area (Å²) in [6, 6.07) is 0. The van der Waals surface area contributed by atoms with Gasteiger partial charge in [-0.05, 0) is 85.0 Å². The lowest BCUT2D eigenvalue weighted by Crippen LogP contribution is -2.75. The quantitative estimate of drug-likeness (QED) is 0.106. The number of carbonyl (C=O) groups excluding carboxylic acids is 1. The molecule has 5 aliphatic heterocycles. The Labute approximate surface area is 432 Å². The molecule has 0 radical (unpaired) electrons. The number of methoxy groups -OCH3 is 1. The van der Waals surface area contributed by atoms with Crippen molar-refractivity contribution in [1.29, 1.82) is 0 Å². The van der Waals surface area contributed by atoms with Crippen LogP contribution in [0.4, 0.5) is 0 Å². The molecule has 0 bridgehead atoms. The first-order valence-corrected chi connectivity index (χ1v) is 27.0. The Kier molecular flexibility index (Phi) is 16.9. The second-order valence-corrected chi connectivity index (χ2v) is 23.5. The average molecular weight is 1060 g/mol. The summed E-state index contributed by atoms with van der Waals surface area (Å²) in [6.45, 7) is 11.7. The lowest BCUT2D eigenvalue weighted by atomic mass is 9.43. The zero-order valence-electron chi connectivity index (χ0n) is 43.9. The fourth-order valence-corrected chi connectivity index (χ4v) is 14.9. The zero-order valence-corrected chi connectivity index (χ0v) is 43.9. The van der Waals surface area contributed by atoms with Crippen LogP contribution in [0.25, 0.3) is 0 Å². The van der Waals surface area contributed by atoms with E-state index in [-0.39, 0.29) is 56.8 Å². The van der Waals surface area contributed by atoms with Gasteiger partial charge in [0.05, 0.1) is 67.6 Å². The molecule has 0 spiro atoms. The Balaban J connectivity index is 0.727. The highest BCUT2D eigenvalue weighted by atomic mass is 16.8. The Morgan fingerprint density at radius 2 is 1.16 bits per heavy atom. The number of Topliss-reactive ketones (excluding diaryl/α,β-unsaturated/α-hetero) is 1. The molecule has 5 heterocycles. The summed E-state index contributed by atoms with van der Waals surface area (Å²) >= 11 is 0. The minimum atomic E-state index is -1.62. The number of aliphatic hydroxyl groups is 10. The second-order valence-electron chi connectivity index (χ2n) is 23.5. The largest absolute Gasteiger partial charge is 0.394 e. The minimum absolute atomic E-state index is 0.00472. The van der Waals surface area contributed by atoms with Crippen molar-refractivity contribution < 1.29 is 108 Å². The minimum Gasteiger partial charge on any atom is -0.394 e. The molecular weight excluding hydrogens is 977 g/mol. The first-order chi connectivity index (χ1) is 34.9. The van der Waals surface area contributed by atoms with Crippen LogP contribution >= 0.6 is 0 Å². The molecular formula is C52H84O22. The molecule has 10 N–H and O–H groups in total. The van der Waals surface area contributed by atoms with Crippen molar-refractivity contribution in [3.63, 3.8) is 0 Å². The monoisotopic (exact) mass is 1060 g/mol. The van der Waals surface area contributed by atoms with Gasteiger partial charge in [0.15, 0.2) is 31.5 Å². The van der Waals surface area contributed by atoms with Crippen molar-refractivity contribution >= 4 is 5.78 Å². The number of aliphatic hydroxyl groups excluding tert-OH is 8. The summed E-state index contributed by atoms with van der Waals surface area (Å²) in [5.74, 6) is -1.04. The first kappa shape index (κ1) is 57.3. The summed E-state index contributed by atoms with van der Waals surface area (Å²) in [5.41, 5.74) is -3.69. The molecule has 22 heteroatoms. The normalized spacial score (nSPS) is 54.9. The van der Waals surface area contributed by atoms with Crippen molar-refractivity contribution in [2.24, 2.45) is 22.7 Å². The third-order valence-electron chi connectivity index (χ3n) is 19.2. The maximum absolute atomic E-state index is 12.7. The Morgan fingerprint density at radius 3 is 1.66 bits per heavy atom. The Bertz CT molecular complexity index is 1940. The summed E-state index contributed by atoms with van der Waals surface area (Å²) in [6.07, 6.45) is -16.5. The van der Waals surface area contributed by atoms with Gasteiger partial charge in [-0.25, -0.2) is 0 Å². The van der Waals surface area contributed by atoms with Gasteiger partial charge in [-0.3, -0.25) is 4.79 Å². The highest BCUT2D eigenvalue weighted by molar-refractivity contribution is 5.80. The number of ketones is 1. The second kappa shape index (κ2) is 21.9. The van der Waals surface area contributed by atoms with E-state index in [1.807, 2.05) is 6.08 Å². The van der Waals surface area contributed by atoms with Crippen LogP contribution in [0.1, 0.15) is 119 Å². The number of ether oxygens (including phenoxy) is 11. The van der Waals surface area contributed by atoms with Crippen molar-refractivity contribution in [3.05, 3.63) is 11.6 Å². The number of fused-ring (bicyclic) bond motifs is 5. The number of hydrogen-bond donors (Lipinski definition) is 10. The van der Waals surface area contributed by atoms with Crippen LogP contribution < -0.4 is 0 Å². The van der Waals surface area contributed by atoms with Gasteiger partial charge in [0.25, 0.3) is 0 Å². The molecule has 4 aliphatic carbocycles. The van der Waals surface area contributed by atoms with E-state index in [1.165, 1.54) is 14.0 Å². The van der Waals surface area contributed by atoms with Gasteiger partial charge >= 0.3 is 0 Å². The lowest BCUT2D eigenvalue weighted by molar-refractivity contribution is -0.357. The number of rotatable bonds is 13. The third-order valence-corrected chi connectivity index (χ3v) is 19.2. The summed E-state index contributed by atoms with van der Waals surface area (Å²) in [4.78, 5) is 12.7. The van der Waals surface area contributed by atoms with Crippen LogP contribution in [-0.2, 0) is 56.9 Å². The SMILES string of the molecule is COC1CC(OC2C(O)CC(OC3C(O)CC(OC4C(O)CC(OC5CCC6(C)C(=CCC7(O)C6CC(O)C6(C)C(C(C)=O)CCC76O)C5)OC4C)OC3C)OC2C)OC(C)C1OC1OC(CO)C(O)C(O)C1O. The zero-order chi connectivity index (χ0) is 53.6. The molecule has 9 rings (SSSR count). The molecule has 22 nitrogen and oxygen atoms in total. The van der Waals surface area contributed by atoms with E-state index in [9.17, 15) is 55.9 Å².